The highest BCUT2D eigenvalue weighted by molar-refractivity contribution is 6.04. The molecule has 0 bridgehead atoms. The van der Waals surface area contributed by atoms with Gasteiger partial charge < -0.3 is 9.73 Å². The monoisotopic (exact) mass is 295 g/mol. The molecule has 1 N–H and O–H groups in total. The molecule has 22 heavy (non-hydrogen) atoms. The van der Waals surface area contributed by atoms with Gasteiger partial charge in [0.1, 0.15) is 6.26 Å². The van der Waals surface area contributed by atoms with E-state index in [1.165, 1.54) is 12.5 Å². The van der Waals surface area contributed by atoms with Crippen molar-refractivity contribution in [1.29, 1.82) is 0 Å². The van der Waals surface area contributed by atoms with Crippen LogP contribution in [0, 0.1) is 0 Å². The molecule has 0 radical (unpaired) electrons. The first kappa shape index (κ1) is 12.8. The molecule has 0 spiro atoms. The fraction of sp³-hybridized carbons (Fsp3) is 0.200. The van der Waals surface area contributed by atoms with E-state index in [0.29, 0.717) is 17.3 Å². The number of aromatic nitrogens is 4. The third-order valence-electron chi connectivity index (χ3n) is 3.55. The van der Waals surface area contributed by atoms with Crippen LogP contribution < -0.4 is 5.32 Å². The van der Waals surface area contributed by atoms with Crippen LogP contribution in [0.3, 0.4) is 0 Å². The first-order valence-corrected chi connectivity index (χ1v) is 7.03. The van der Waals surface area contributed by atoms with Crippen LogP contribution in [0.25, 0.3) is 11.4 Å². The maximum atomic E-state index is 12.0. The highest BCUT2D eigenvalue weighted by Crippen LogP contribution is 2.36. The minimum Gasteiger partial charge on any atom is -0.472 e. The van der Waals surface area contributed by atoms with Crippen molar-refractivity contribution >= 4 is 11.6 Å². The van der Waals surface area contributed by atoms with Crippen molar-refractivity contribution in [1.82, 2.24) is 20.2 Å². The molecule has 0 aliphatic heterocycles. The number of hydrogen-bond donors (Lipinski definition) is 1. The van der Waals surface area contributed by atoms with Gasteiger partial charge in [0, 0.05) is 11.3 Å². The van der Waals surface area contributed by atoms with Crippen molar-refractivity contribution in [3.05, 3.63) is 48.4 Å². The summed E-state index contributed by atoms with van der Waals surface area (Å²) in [6.45, 7) is 0. The molecule has 2 aromatic heterocycles. The SMILES string of the molecule is O=C(Nc1cccc(-c2nnnn2C2CC2)c1)c1ccoc1. The highest BCUT2D eigenvalue weighted by Gasteiger charge is 2.28. The molecule has 3 aromatic rings. The van der Waals surface area contributed by atoms with Crippen LogP contribution in [0.15, 0.2) is 47.3 Å². The maximum Gasteiger partial charge on any atom is 0.258 e. The molecule has 1 saturated carbocycles. The van der Waals surface area contributed by atoms with Gasteiger partial charge >= 0.3 is 0 Å². The van der Waals surface area contributed by atoms with Crippen LogP contribution in [-0.4, -0.2) is 26.1 Å². The molecule has 1 aromatic carbocycles. The summed E-state index contributed by atoms with van der Waals surface area (Å²) in [6.07, 6.45) is 5.09. The zero-order valence-corrected chi connectivity index (χ0v) is 11.6. The molecular weight excluding hydrogens is 282 g/mol. The first-order chi connectivity index (χ1) is 10.8. The summed E-state index contributed by atoms with van der Waals surface area (Å²) in [5.74, 6) is 0.509. The molecule has 7 nitrogen and oxygen atoms in total. The summed E-state index contributed by atoms with van der Waals surface area (Å²) in [4.78, 5) is 12.0. The van der Waals surface area contributed by atoms with Gasteiger partial charge in [-0.2, -0.15) is 0 Å². The predicted octanol–water partition coefficient (Wildman–Crippen LogP) is 2.52. The second-order valence-electron chi connectivity index (χ2n) is 5.23. The van der Waals surface area contributed by atoms with Crippen molar-refractivity contribution in [2.45, 2.75) is 18.9 Å². The van der Waals surface area contributed by atoms with E-state index >= 15 is 0 Å². The molecule has 0 saturated heterocycles. The molecule has 4 rings (SSSR count). The fourth-order valence-corrected chi connectivity index (χ4v) is 2.28. The normalized spacial score (nSPS) is 14.0. The Morgan fingerprint density at radius 2 is 2.23 bits per heavy atom. The van der Waals surface area contributed by atoms with Crippen LogP contribution in [-0.2, 0) is 0 Å². The quantitative estimate of drug-likeness (QED) is 0.799. The van der Waals surface area contributed by atoms with Crippen LogP contribution in [0.1, 0.15) is 29.2 Å². The number of amides is 1. The lowest BCUT2D eigenvalue weighted by Crippen LogP contribution is -2.10. The Bertz CT molecular complexity index is 805. The molecule has 7 heteroatoms. The first-order valence-electron chi connectivity index (χ1n) is 7.03. The van der Waals surface area contributed by atoms with Crippen LogP contribution in [0.5, 0.6) is 0 Å². The van der Waals surface area contributed by atoms with E-state index in [-0.39, 0.29) is 5.91 Å². The Kier molecular flexibility index (Phi) is 2.96. The van der Waals surface area contributed by atoms with Crippen molar-refractivity contribution < 1.29 is 9.21 Å². The molecule has 0 atom stereocenters. The van der Waals surface area contributed by atoms with Gasteiger partial charge in [0.2, 0.25) is 0 Å². The number of nitrogens with one attached hydrogen (secondary N) is 1. The largest absolute Gasteiger partial charge is 0.472 e. The van der Waals surface area contributed by atoms with Gasteiger partial charge in [0.05, 0.1) is 17.9 Å². The average Bonchev–Trinajstić information content (AvgIpc) is 3.05. The maximum absolute atomic E-state index is 12.0. The number of furan rings is 1. The third kappa shape index (κ3) is 2.37. The summed E-state index contributed by atoms with van der Waals surface area (Å²) in [5.41, 5.74) is 2.05. The number of benzene rings is 1. The van der Waals surface area contributed by atoms with E-state index in [1.807, 2.05) is 28.9 Å². The number of carbonyl (C=O) groups excluding carboxylic acids is 1. The van der Waals surface area contributed by atoms with Crippen molar-refractivity contribution in [3.8, 4) is 11.4 Å². The number of rotatable bonds is 4. The van der Waals surface area contributed by atoms with Crippen LogP contribution >= 0.6 is 0 Å². The molecule has 110 valence electrons. The van der Waals surface area contributed by atoms with Crippen LogP contribution in [0.2, 0.25) is 0 Å². The number of hydrogen-bond acceptors (Lipinski definition) is 5. The lowest BCUT2D eigenvalue weighted by atomic mass is 10.2. The van der Waals surface area contributed by atoms with E-state index < -0.39 is 0 Å². The summed E-state index contributed by atoms with van der Waals surface area (Å²) >= 11 is 0. The summed E-state index contributed by atoms with van der Waals surface area (Å²) in [7, 11) is 0. The minimum absolute atomic E-state index is 0.215. The third-order valence-corrected chi connectivity index (χ3v) is 3.55. The number of nitrogens with zero attached hydrogens (tertiary/aromatic N) is 4. The van der Waals surface area contributed by atoms with Crippen molar-refractivity contribution in [3.63, 3.8) is 0 Å². The average molecular weight is 295 g/mol. The summed E-state index contributed by atoms with van der Waals surface area (Å²) in [6, 6.07) is 9.50. The Hall–Kier alpha value is -2.96. The van der Waals surface area contributed by atoms with Gasteiger partial charge in [-0.25, -0.2) is 4.68 Å². The van der Waals surface area contributed by atoms with Crippen LogP contribution in [0.4, 0.5) is 5.69 Å². The molecule has 2 heterocycles. The van der Waals surface area contributed by atoms with Gasteiger partial charge in [-0.05, 0) is 41.5 Å². The zero-order chi connectivity index (χ0) is 14.9. The minimum atomic E-state index is -0.215. The highest BCUT2D eigenvalue weighted by atomic mass is 16.3. The predicted molar refractivity (Wildman–Crippen MR) is 78.2 cm³/mol. The van der Waals surface area contributed by atoms with Gasteiger partial charge in [0.15, 0.2) is 5.82 Å². The molecule has 1 aliphatic rings. The smallest absolute Gasteiger partial charge is 0.258 e. The van der Waals surface area contributed by atoms with Gasteiger partial charge in [0.25, 0.3) is 5.91 Å². The van der Waals surface area contributed by atoms with E-state index in [9.17, 15) is 4.79 Å². The lowest BCUT2D eigenvalue weighted by Gasteiger charge is -2.06. The molecule has 1 aliphatic carbocycles. The van der Waals surface area contributed by atoms with E-state index in [2.05, 4.69) is 20.8 Å². The van der Waals surface area contributed by atoms with Gasteiger partial charge in [-0.3, -0.25) is 4.79 Å². The van der Waals surface area contributed by atoms with Gasteiger partial charge in [-0.1, -0.05) is 12.1 Å². The standard InChI is InChI=1S/C15H13N5O2/c21-15(11-6-7-22-9-11)16-12-3-1-2-10(8-12)14-17-18-19-20(14)13-4-5-13/h1-3,6-9,13H,4-5H2,(H,16,21). The second-order valence-corrected chi connectivity index (χ2v) is 5.23. The fourth-order valence-electron chi connectivity index (χ4n) is 2.28. The lowest BCUT2D eigenvalue weighted by molar-refractivity contribution is 0.102. The van der Waals surface area contributed by atoms with E-state index in [4.69, 9.17) is 4.42 Å². The Labute approximate surface area is 125 Å². The molecular formula is C15H13N5O2. The Morgan fingerprint density at radius 1 is 1.32 bits per heavy atom. The summed E-state index contributed by atoms with van der Waals surface area (Å²) in [5, 5.41) is 14.7. The molecule has 1 amide bonds. The Morgan fingerprint density at radius 3 is 3.00 bits per heavy atom. The zero-order valence-electron chi connectivity index (χ0n) is 11.6. The number of tetrazole rings is 1. The van der Waals surface area contributed by atoms with Gasteiger partial charge in [-0.15, -0.1) is 5.10 Å². The number of carbonyl (C=O) groups is 1. The van der Waals surface area contributed by atoms with E-state index in [1.54, 1.807) is 6.07 Å². The topological polar surface area (TPSA) is 85.8 Å². The van der Waals surface area contributed by atoms with E-state index in [0.717, 1.165) is 24.2 Å². The second kappa shape index (κ2) is 5.10. The summed E-state index contributed by atoms with van der Waals surface area (Å²) < 4.78 is 6.76. The number of anilines is 1. The molecule has 0 unspecified atom stereocenters. The molecule has 1 fully saturated rings. The Balaban J connectivity index is 1.60. The van der Waals surface area contributed by atoms with Crippen molar-refractivity contribution in [2.75, 3.05) is 5.32 Å². The van der Waals surface area contributed by atoms with Crippen molar-refractivity contribution in [2.24, 2.45) is 0 Å².